The van der Waals surface area contributed by atoms with E-state index in [-0.39, 0.29) is 11.1 Å². The molecule has 2 rings (SSSR count). The lowest BCUT2D eigenvalue weighted by Crippen LogP contribution is -2.08. The first kappa shape index (κ1) is 21.2. The summed E-state index contributed by atoms with van der Waals surface area (Å²) in [5.41, 5.74) is -1.20. The summed E-state index contributed by atoms with van der Waals surface area (Å²) in [6.07, 6.45) is -1.84. The van der Waals surface area contributed by atoms with E-state index in [1.165, 1.54) is 6.07 Å². The third-order valence-electron chi connectivity index (χ3n) is 3.17. The topological polar surface area (TPSA) is 48.4 Å². The fourth-order valence-corrected chi connectivity index (χ4v) is 1.99. The number of alkyl halides is 7. The average Bonchev–Trinajstić information content (AvgIpc) is 2.60. The zero-order valence-corrected chi connectivity index (χ0v) is 13.6. The van der Waals surface area contributed by atoms with Gasteiger partial charge in [0, 0.05) is 11.8 Å². The van der Waals surface area contributed by atoms with Crippen LogP contribution < -0.4 is 9.47 Å². The number of pyridine rings is 1. The Kier molecular flexibility index (Phi) is 6.60. The van der Waals surface area contributed by atoms with E-state index in [2.05, 4.69) is 14.5 Å². The van der Waals surface area contributed by atoms with Crippen molar-refractivity contribution in [2.75, 3.05) is 0 Å². The summed E-state index contributed by atoms with van der Waals surface area (Å²) in [4.78, 5) is 15.1. The third kappa shape index (κ3) is 5.96. The van der Waals surface area contributed by atoms with Crippen LogP contribution >= 0.6 is 0 Å². The van der Waals surface area contributed by atoms with Gasteiger partial charge in [0.15, 0.2) is 17.3 Å². The van der Waals surface area contributed by atoms with Crippen molar-refractivity contribution >= 4 is 11.9 Å². The fraction of sp³-hybridized carbons (Fsp3) is 0.176. The quantitative estimate of drug-likeness (QED) is 0.358. The predicted octanol–water partition coefficient (Wildman–Crippen LogP) is 5.20. The van der Waals surface area contributed by atoms with Crippen LogP contribution in [0.5, 0.6) is 11.5 Å². The zero-order valence-electron chi connectivity index (χ0n) is 13.6. The molecule has 0 spiro atoms. The first-order chi connectivity index (χ1) is 13.1. The fourth-order valence-electron chi connectivity index (χ4n) is 1.99. The number of nitrogens with zero attached hydrogens (tertiary/aromatic N) is 1. The lowest BCUT2D eigenvalue weighted by atomic mass is 10.1. The van der Waals surface area contributed by atoms with Gasteiger partial charge in [-0.15, -0.1) is 0 Å². The van der Waals surface area contributed by atoms with Gasteiger partial charge in [-0.3, -0.25) is 9.78 Å². The Morgan fingerprint density at radius 3 is 2.14 bits per heavy atom. The molecule has 0 saturated carbocycles. The van der Waals surface area contributed by atoms with Crippen LogP contribution in [0.15, 0.2) is 42.6 Å². The van der Waals surface area contributed by atoms with Crippen molar-refractivity contribution in [3.05, 3.63) is 59.4 Å². The van der Waals surface area contributed by atoms with Crippen molar-refractivity contribution in [1.29, 1.82) is 0 Å². The second kappa shape index (κ2) is 8.72. The standard InChI is InChI=1S/C17H10F7NO3/c18-15(19)27-12-5-2-9(7-13(12)28-16(20)21)1-4-11(26)10-3-6-14(25-8-10)17(22,23)24/h1-8,15-16H/b4-1+. The molecule has 0 saturated heterocycles. The van der Waals surface area contributed by atoms with Gasteiger partial charge in [0.05, 0.1) is 0 Å². The lowest BCUT2D eigenvalue weighted by Gasteiger charge is -2.12. The van der Waals surface area contributed by atoms with Gasteiger partial charge in [0.25, 0.3) is 0 Å². The van der Waals surface area contributed by atoms with Crippen molar-refractivity contribution in [2.24, 2.45) is 0 Å². The molecule has 0 radical (unpaired) electrons. The highest BCUT2D eigenvalue weighted by molar-refractivity contribution is 6.06. The van der Waals surface area contributed by atoms with Crippen molar-refractivity contribution in [2.45, 2.75) is 19.4 Å². The smallest absolute Gasteiger partial charge is 0.431 e. The van der Waals surface area contributed by atoms with E-state index in [4.69, 9.17) is 0 Å². The molecule has 1 aromatic carbocycles. The maximum absolute atomic E-state index is 12.4. The number of hydrogen-bond acceptors (Lipinski definition) is 4. The van der Waals surface area contributed by atoms with Crippen LogP contribution in [0, 0.1) is 0 Å². The van der Waals surface area contributed by atoms with Crippen molar-refractivity contribution < 1.29 is 45.0 Å². The Morgan fingerprint density at radius 1 is 0.964 bits per heavy atom. The number of carbonyl (C=O) groups excluding carboxylic acids is 1. The van der Waals surface area contributed by atoms with Crippen LogP contribution in [-0.2, 0) is 6.18 Å². The molecule has 1 aromatic heterocycles. The number of hydrogen-bond donors (Lipinski definition) is 0. The second-order valence-electron chi connectivity index (χ2n) is 5.09. The van der Waals surface area contributed by atoms with Crippen LogP contribution in [0.2, 0.25) is 0 Å². The highest BCUT2D eigenvalue weighted by Crippen LogP contribution is 2.31. The molecule has 4 nitrogen and oxygen atoms in total. The molecule has 0 atom stereocenters. The summed E-state index contributed by atoms with van der Waals surface area (Å²) >= 11 is 0. The van der Waals surface area contributed by atoms with E-state index in [1.807, 2.05) is 0 Å². The number of aromatic nitrogens is 1. The maximum atomic E-state index is 12.4. The molecule has 0 amide bonds. The highest BCUT2D eigenvalue weighted by Gasteiger charge is 2.32. The number of ketones is 1. The first-order valence-corrected chi connectivity index (χ1v) is 7.35. The molecule has 0 unspecified atom stereocenters. The SMILES string of the molecule is O=C(/C=C/c1ccc(OC(F)F)c(OC(F)F)c1)c1ccc(C(F)(F)F)nc1. The van der Waals surface area contributed by atoms with Gasteiger partial charge < -0.3 is 9.47 Å². The minimum atomic E-state index is -4.65. The Balaban J connectivity index is 2.19. The number of rotatable bonds is 7. The molecule has 11 heteroatoms. The Morgan fingerprint density at radius 2 is 1.61 bits per heavy atom. The predicted molar refractivity (Wildman–Crippen MR) is 82.3 cm³/mol. The minimum absolute atomic E-state index is 0.116. The maximum Gasteiger partial charge on any atom is 0.433 e. The van der Waals surface area contributed by atoms with Crippen LogP contribution in [0.25, 0.3) is 6.08 Å². The van der Waals surface area contributed by atoms with Gasteiger partial charge >= 0.3 is 19.4 Å². The molecule has 1 heterocycles. The molecule has 0 aliphatic heterocycles. The molecule has 2 aromatic rings. The number of benzene rings is 1. The van der Waals surface area contributed by atoms with E-state index in [9.17, 15) is 35.5 Å². The molecule has 0 aliphatic rings. The Labute approximate surface area is 153 Å². The van der Waals surface area contributed by atoms with Gasteiger partial charge in [-0.05, 0) is 35.9 Å². The lowest BCUT2D eigenvalue weighted by molar-refractivity contribution is -0.141. The molecular weight excluding hydrogens is 399 g/mol. The van der Waals surface area contributed by atoms with E-state index in [0.29, 0.717) is 6.07 Å². The molecule has 28 heavy (non-hydrogen) atoms. The van der Waals surface area contributed by atoms with Gasteiger partial charge in [0.1, 0.15) is 5.69 Å². The summed E-state index contributed by atoms with van der Waals surface area (Å²) < 4.78 is 94.8. The van der Waals surface area contributed by atoms with Crippen LogP contribution in [-0.4, -0.2) is 24.0 Å². The largest absolute Gasteiger partial charge is 0.433 e. The van der Waals surface area contributed by atoms with E-state index < -0.39 is 42.4 Å². The number of halogens is 7. The Bertz CT molecular complexity index is 849. The zero-order chi connectivity index (χ0) is 20.9. The van der Waals surface area contributed by atoms with Crippen molar-refractivity contribution in [1.82, 2.24) is 4.98 Å². The monoisotopic (exact) mass is 409 g/mol. The Hall–Kier alpha value is -3.11. The summed E-state index contributed by atoms with van der Waals surface area (Å²) in [5, 5.41) is 0. The molecular formula is C17H10F7NO3. The molecule has 150 valence electrons. The molecule has 0 fully saturated rings. The van der Waals surface area contributed by atoms with Crippen molar-refractivity contribution in [3.8, 4) is 11.5 Å². The number of allylic oxidation sites excluding steroid dienone is 1. The third-order valence-corrected chi connectivity index (χ3v) is 3.17. The van der Waals surface area contributed by atoms with Gasteiger partial charge in [0.2, 0.25) is 0 Å². The number of carbonyl (C=O) groups is 1. The van der Waals surface area contributed by atoms with E-state index >= 15 is 0 Å². The molecule has 0 bridgehead atoms. The van der Waals surface area contributed by atoms with E-state index in [1.54, 1.807) is 0 Å². The van der Waals surface area contributed by atoms with Gasteiger partial charge in [-0.2, -0.15) is 30.7 Å². The van der Waals surface area contributed by atoms with Crippen LogP contribution in [0.4, 0.5) is 30.7 Å². The first-order valence-electron chi connectivity index (χ1n) is 7.35. The second-order valence-corrected chi connectivity index (χ2v) is 5.09. The summed E-state index contributed by atoms with van der Waals surface area (Å²) in [5.74, 6) is -2.03. The highest BCUT2D eigenvalue weighted by atomic mass is 19.4. The average molecular weight is 409 g/mol. The molecule has 0 N–H and O–H groups in total. The summed E-state index contributed by atoms with van der Waals surface area (Å²) in [6.45, 7) is -6.57. The minimum Gasteiger partial charge on any atom is -0.431 e. The van der Waals surface area contributed by atoms with E-state index in [0.717, 1.165) is 36.5 Å². The summed E-state index contributed by atoms with van der Waals surface area (Å²) in [7, 11) is 0. The summed E-state index contributed by atoms with van der Waals surface area (Å²) in [6, 6.07) is 4.61. The normalized spacial score (nSPS) is 12.0. The van der Waals surface area contributed by atoms with Crippen molar-refractivity contribution in [3.63, 3.8) is 0 Å². The van der Waals surface area contributed by atoms with Gasteiger partial charge in [-0.25, -0.2) is 0 Å². The van der Waals surface area contributed by atoms with Gasteiger partial charge in [-0.1, -0.05) is 12.1 Å². The van der Waals surface area contributed by atoms with Crippen LogP contribution in [0.3, 0.4) is 0 Å². The van der Waals surface area contributed by atoms with Crippen LogP contribution in [0.1, 0.15) is 21.6 Å². The number of ether oxygens (including phenoxy) is 2. The molecule has 0 aliphatic carbocycles.